The molecule has 0 spiro atoms. The van der Waals surface area contributed by atoms with E-state index in [-0.39, 0.29) is 17.2 Å². The number of ether oxygens (including phenoxy) is 1. The van der Waals surface area contributed by atoms with Gasteiger partial charge in [-0.05, 0) is 67.8 Å². The fourth-order valence-corrected chi connectivity index (χ4v) is 5.73. The van der Waals surface area contributed by atoms with E-state index in [0.29, 0.717) is 17.9 Å². The molecule has 4 fully saturated rings. The molecular formula is C19H25N3O3. The highest BCUT2D eigenvalue weighted by Gasteiger charge is 2.51. The van der Waals surface area contributed by atoms with Crippen molar-refractivity contribution in [2.24, 2.45) is 23.2 Å². The Kier molecular flexibility index (Phi) is 4.13. The highest BCUT2D eigenvalue weighted by Crippen LogP contribution is 2.61. The molecule has 4 bridgehead atoms. The number of aromatic nitrogens is 1. The predicted molar refractivity (Wildman–Crippen MR) is 91.6 cm³/mol. The summed E-state index contributed by atoms with van der Waals surface area (Å²) in [6.45, 7) is 0. The van der Waals surface area contributed by atoms with Crippen LogP contribution in [0.25, 0.3) is 0 Å². The van der Waals surface area contributed by atoms with E-state index in [0.717, 1.165) is 17.8 Å². The fraction of sp³-hybridized carbons (Fsp3) is 0.632. The second kappa shape index (κ2) is 6.32. The van der Waals surface area contributed by atoms with Crippen LogP contribution in [0.4, 0.5) is 0 Å². The Hall–Kier alpha value is -2.11. The minimum atomic E-state index is -0.367. The number of nitrogens with zero attached hydrogens (tertiary/aromatic N) is 1. The number of rotatable bonds is 4. The maximum atomic E-state index is 12.4. The lowest BCUT2D eigenvalue weighted by Crippen LogP contribution is -2.50. The molecule has 0 saturated heterocycles. The zero-order valence-electron chi connectivity index (χ0n) is 14.6. The van der Waals surface area contributed by atoms with E-state index in [2.05, 4.69) is 15.8 Å². The molecule has 1 aromatic heterocycles. The number of hydrogen-bond acceptors (Lipinski definition) is 4. The summed E-state index contributed by atoms with van der Waals surface area (Å²) in [4.78, 5) is 28.5. The van der Waals surface area contributed by atoms with Gasteiger partial charge in [0, 0.05) is 18.7 Å². The normalized spacial score (nSPS) is 32.3. The van der Waals surface area contributed by atoms with Crippen LogP contribution < -0.4 is 15.6 Å². The molecule has 6 heteroatoms. The highest BCUT2D eigenvalue weighted by molar-refractivity contribution is 5.95. The SMILES string of the molecule is COc1ccc(C(=O)NNC(=O)CC23CC4CC(CC(C4)C2)C3)cn1. The molecule has 0 unspecified atom stereocenters. The molecule has 0 radical (unpaired) electrons. The average Bonchev–Trinajstić information content (AvgIpc) is 2.58. The molecule has 1 heterocycles. The van der Waals surface area contributed by atoms with Gasteiger partial charge in [-0.25, -0.2) is 4.98 Å². The van der Waals surface area contributed by atoms with Crippen LogP contribution in [0.5, 0.6) is 5.88 Å². The Balaban J connectivity index is 1.31. The molecule has 4 aliphatic carbocycles. The van der Waals surface area contributed by atoms with Crippen molar-refractivity contribution in [3.05, 3.63) is 23.9 Å². The third kappa shape index (κ3) is 3.34. The van der Waals surface area contributed by atoms with Crippen LogP contribution in [0.2, 0.25) is 0 Å². The molecular weight excluding hydrogens is 318 g/mol. The van der Waals surface area contributed by atoms with Gasteiger partial charge in [-0.3, -0.25) is 20.4 Å². The smallest absolute Gasteiger partial charge is 0.271 e. The molecule has 2 N–H and O–H groups in total. The number of hydrazine groups is 1. The molecule has 0 aromatic carbocycles. The van der Waals surface area contributed by atoms with Crippen molar-refractivity contribution in [3.63, 3.8) is 0 Å². The van der Waals surface area contributed by atoms with E-state index in [4.69, 9.17) is 4.74 Å². The Morgan fingerprint density at radius 2 is 1.76 bits per heavy atom. The topological polar surface area (TPSA) is 80.3 Å². The van der Waals surface area contributed by atoms with Gasteiger partial charge in [0.1, 0.15) is 0 Å². The predicted octanol–water partition coefficient (Wildman–Crippen LogP) is 2.46. The number of methoxy groups -OCH3 is 1. The molecule has 0 aliphatic heterocycles. The average molecular weight is 343 g/mol. The van der Waals surface area contributed by atoms with E-state index < -0.39 is 0 Å². The second-order valence-electron chi connectivity index (χ2n) is 8.19. The van der Waals surface area contributed by atoms with E-state index in [1.54, 1.807) is 12.1 Å². The van der Waals surface area contributed by atoms with Gasteiger partial charge >= 0.3 is 0 Å². The van der Waals surface area contributed by atoms with Gasteiger partial charge in [-0.2, -0.15) is 0 Å². The largest absolute Gasteiger partial charge is 0.481 e. The summed E-state index contributed by atoms with van der Waals surface area (Å²) in [7, 11) is 1.52. The van der Waals surface area contributed by atoms with E-state index in [9.17, 15) is 9.59 Å². The molecule has 4 aliphatic rings. The van der Waals surface area contributed by atoms with Crippen LogP contribution in [0, 0.1) is 23.2 Å². The lowest BCUT2D eigenvalue weighted by molar-refractivity contribution is -0.130. The van der Waals surface area contributed by atoms with Gasteiger partial charge in [0.2, 0.25) is 11.8 Å². The van der Waals surface area contributed by atoms with Crippen molar-refractivity contribution in [2.75, 3.05) is 7.11 Å². The molecule has 2 amide bonds. The fourth-order valence-electron chi connectivity index (χ4n) is 5.73. The zero-order valence-corrected chi connectivity index (χ0v) is 14.6. The number of hydrogen-bond donors (Lipinski definition) is 2. The summed E-state index contributed by atoms with van der Waals surface area (Å²) < 4.78 is 4.97. The van der Waals surface area contributed by atoms with Crippen LogP contribution in [0.3, 0.4) is 0 Å². The quantitative estimate of drug-likeness (QED) is 0.823. The van der Waals surface area contributed by atoms with Gasteiger partial charge in [-0.15, -0.1) is 0 Å². The lowest BCUT2D eigenvalue weighted by Gasteiger charge is -2.56. The zero-order chi connectivity index (χ0) is 17.4. The van der Waals surface area contributed by atoms with Gasteiger partial charge < -0.3 is 4.74 Å². The Labute approximate surface area is 147 Å². The van der Waals surface area contributed by atoms with Crippen molar-refractivity contribution >= 4 is 11.8 Å². The summed E-state index contributed by atoms with van der Waals surface area (Å²) >= 11 is 0. The minimum absolute atomic E-state index is 0.0863. The van der Waals surface area contributed by atoms with Crippen molar-refractivity contribution in [1.29, 1.82) is 0 Å². The highest BCUT2D eigenvalue weighted by atomic mass is 16.5. The van der Waals surface area contributed by atoms with Crippen LogP contribution >= 0.6 is 0 Å². The number of nitrogens with one attached hydrogen (secondary N) is 2. The van der Waals surface area contributed by atoms with E-state index in [1.807, 2.05) is 0 Å². The first-order valence-corrected chi connectivity index (χ1v) is 9.14. The van der Waals surface area contributed by atoms with Crippen molar-refractivity contribution in [2.45, 2.75) is 44.9 Å². The van der Waals surface area contributed by atoms with Gasteiger partial charge in [0.25, 0.3) is 5.91 Å². The minimum Gasteiger partial charge on any atom is -0.481 e. The Bertz CT molecular complexity index is 636. The van der Waals surface area contributed by atoms with Crippen LogP contribution in [-0.2, 0) is 4.79 Å². The summed E-state index contributed by atoms with van der Waals surface area (Å²) in [6, 6.07) is 3.23. The maximum absolute atomic E-state index is 12.4. The van der Waals surface area contributed by atoms with Crippen molar-refractivity contribution < 1.29 is 14.3 Å². The standard InChI is InChI=1S/C19H25N3O3/c1-25-17-3-2-15(11-20-17)18(24)22-21-16(23)10-19-7-12-4-13(8-19)6-14(5-12)9-19/h2-3,11-14H,4-10H2,1H3,(H,21,23)(H,22,24). The number of carbonyl (C=O) groups is 2. The molecule has 6 nitrogen and oxygen atoms in total. The first-order chi connectivity index (χ1) is 12.0. The summed E-state index contributed by atoms with van der Waals surface area (Å²) in [5.74, 6) is 2.45. The molecule has 134 valence electrons. The van der Waals surface area contributed by atoms with Crippen LogP contribution in [0.15, 0.2) is 18.3 Å². The van der Waals surface area contributed by atoms with E-state index >= 15 is 0 Å². The number of carbonyl (C=O) groups excluding carboxylic acids is 2. The first kappa shape index (κ1) is 16.4. The summed E-state index contributed by atoms with van der Waals surface area (Å²) in [5.41, 5.74) is 5.64. The summed E-state index contributed by atoms with van der Waals surface area (Å²) in [6.07, 6.45) is 9.59. The molecule has 0 atom stereocenters. The molecule has 4 saturated carbocycles. The lowest BCUT2D eigenvalue weighted by atomic mass is 9.49. The molecule has 25 heavy (non-hydrogen) atoms. The first-order valence-electron chi connectivity index (χ1n) is 9.14. The maximum Gasteiger partial charge on any atom is 0.271 e. The van der Waals surface area contributed by atoms with Crippen molar-refractivity contribution in [1.82, 2.24) is 15.8 Å². The third-order valence-corrected chi connectivity index (χ3v) is 6.22. The summed E-state index contributed by atoms with van der Waals surface area (Å²) in [5, 5.41) is 0. The van der Waals surface area contributed by atoms with Gasteiger partial charge in [0.05, 0.1) is 12.7 Å². The molecule has 5 rings (SSSR count). The Morgan fingerprint density at radius 1 is 1.12 bits per heavy atom. The van der Waals surface area contributed by atoms with Crippen LogP contribution in [-0.4, -0.2) is 23.9 Å². The third-order valence-electron chi connectivity index (χ3n) is 6.22. The number of pyridine rings is 1. The Morgan fingerprint density at radius 3 is 2.28 bits per heavy atom. The molecule has 1 aromatic rings. The number of amides is 2. The second-order valence-corrected chi connectivity index (χ2v) is 8.19. The van der Waals surface area contributed by atoms with Crippen molar-refractivity contribution in [3.8, 4) is 5.88 Å². The van der Waals surface area contributed by atoms with Gasteiger partial charge in [0.15, 0.2) is 0 Å². The monoisotopic (exact) mass is 343 g/mol. The van der Waals surface area contributed by atoms with Gasteiger partial charge in [-0.1, -0.05) is 0 Å². The van der Waals surface area contributed by atoms with E-state index in [1.165, 1.54) is 51.8 Å². The van der Waals surface area contributed by atoms with Crippen LogP contribution in [0.1, 0.15) is 55.3 Å².